The summed E-state index contributed by atoms with van der Waals surface area (Å²) in [5.74, 6) is 2.34. The van der Waals surface area contributed by atoms with Crippen molar-refractivity contribution in [3.8, 4) is 0 Å². The highest BCUT2D eigenvalue weighted by molar-refractivity contribution is 14.0. The van der Waals surface area contributed by atoms with Gasteiger partial charge in [-0.1, -0.05) is 6.92 Å². The van der Waals surface area contributed by atoms with Gasteiger partial charge in [0.05, 0.1) is 12.2 Å². The quantitative estimate of drug-likeness (QED) is 0.379. The highest BCUT2D eigenvalue weighted by Crippen LogP contribution is 2.08. The Morgan fingerprint density at radius 3 is 2.44 bits per heavy atom. The number of oxazole rings is 1. The fourth-order valence-electron chi connectivity index (χ4n) is 2.89. The summed E-state index contributed by atoms with van der Waals surface area (Å²) in [4.78, 5) is 13.7. The van der Waals surface area contributed by atoms with Gasteiger partial charge >= 0.3 is 0 Å². The molecular weight excluding hydrogens is 431 g/mol. The lowest BCUT2D eigenvalue weighted by molar-refractivity contribution is 0.107. The Morgan fingerprint density at radius 1 is 1.24 bits per heavy atom. The van der Waals surface area contributed by atoms with Gasteiger partial charge in [-0.25, -0.2) is 4.98 Å². The van der Waals surface area contributed by atoms with Crippen molar-refractivity contribution in [2.45, 2.75) is 40.3 Å². The molecule has 144 valence electrons. The third-order valence-corrected chi connectivity index (χ3v) is 4.75. The van der Waals surface area contributed by atoms with Crippen LogP contribution in [0.2, 0.25) is 0 Å². The van der Waals surface area contributed by atoms with Gasteiger partial charge in [0, 0.05) is 45.8 Å². The zero-order valence-corrected chi connectivity index (χ0v) is 18.5. The Labute approximate surface area is 168 Å². The standard InChI is InChI=1S/C17H32N6O.HI/c1-6-22-7-9-23(10-8-22)13(2)11-19-17(18-5)20-12-16-21-14(3)15(4)24-16;/h13H,6-12H2,1-5H3,(H2,18,19,20);1H. The van der Waals surface area contributed by atoms with E-state index in [0.29, 0.717) is 18.5 Å². The molecular formula is C17H33IN6O. The van der Waals surface area contributed by atoms with Crippen LogP contribution in [0.4, 0.5) is 0 Å². The third kappa shape index (κ3) is 6.74. The molecule has 1 saturated heterocycles. The lowest BCUT2D eigenvalue weighted by Crippen LogP contribution is -2.53. The summed E-state index contributed by atoms with van der Waals surface area (Å²) in [5.41, 5.74) is 0.939. The van der Waals surface area contributed by atoms with Crippen molar-refractivity contribution in [2.75, 3.05) is 46.3 Å². The van der Waals surface area contributed by atoms with E-state index >= 15 is 0 Å². The lowest BCUT2D eigenvalue weighted by atomic mass is 10.2. The molecule has 2 N–H and O–H groups in total. The number of likely N-dealkylation sites (N-methyl/N-ethyl adjacent to an activating group) is 1. The summed E-state index contributed by atoms with van der Waals surface area (Å²) >= 11 is 0. The van der Waals surface area contributed by atoms with Gasteiger partial charge < -0.3 is 20.0 Å². The fourth-order valence-corrected chi connectivity index (χ4v) is 2.89. The Kier molecular flexibility index (Phi) is 9.73. The first kappa shape index (κ1) is 22.2. The van der Waals surface area contributed by atoms with Gasteiger partial charge in [-0.15, -0.1) is 24.0 Å². The van der Waals surface area contributed by atoms with Gasteiger partial charge in [0.25, 0.3) is 0 Å². The molecule has 2 rings (SSSR count). The van der Waals surface area contributed by atoms with Crippen LogP contribution in [0.15, 0.2) is 9.41 Å². The van der Waals surface area contributed by atoms with Crippen molar-refractivity contribution in [3.63, 3.8) is 0 Å². The van der Waals surface area contributed by atoms with Gasteiger partial charge in [-0.05, 0) is 27.3 Å². The van der Waals surface area contributed by atoms with Crippen LogP contribution in [0.3, 0.4) is 0 Å². The van der Waals surface area contributed by atoms with Crippen LogP contribution < -0.4 is 10.6 Å². The molecule has 0 amide bonds. The minimum absolute atomic E-state index is 0. The SMILES string of the molecule is CCN1CCN(C(C)CNC(=NC)NCc2nc(C)c(C)o2)CC1.I. The summed E-state index contributed by atoms with van der Waals surface area (Å²) in [6, 6.07) is 0.480. The van der Waals surface area contributed by atoms with Crippen molar-refractivity contribution in [2.24, 2.45) is 4.99 Å². The maximum absolute atomic E-state index is 5.58. The molecule has 1 atom stereocenters. The molecule has 1 aromatic heterocycles. The molecule has 1 fully saturated rings. The monoisotopic (exact) mass is 464 g/mol. The molecule has 2 heterocycles. The van der Waals surface area contributed by atoms with E-state index in [1.54, 1.807) is 7.05 Å². The van der Waals surface area contributed by atoms with E-state index in [1.807, 2.05) is 13.8 Å². The van der Waals surface area contributed by atoms with E-state index in [2.05, 4.69) is 44.3 Å². The van der Waals surface area contributed by atoms with Crippen LogP contribution >= 0.6 is 24.0 Å². The van der Waals surface area contributed by atoms with E-state index in [1.165, 1.54) is 0 Å². The van der Waals surface area contributed by atoms with Gasteiger partial charge in [0.1, 0.15) is 5.76 Å². The molecule has 0 aliphatic carbocycles. The number of rotatable bonds is 6. The molecule has 0 bridgehead atoms. The molecule has 0 spiro atoms. The first-order chi connectivity index (χ1) is 11.5. The molecule has 25 heavy (non-hydrogen) atoms. The molecule has 0 saturated carbocycles. The second kappa shape index (κ2) is 11.0. The molecule has 0 aromatic carbocycles. The van der Waals surface area contributed by atoms with Crippen LogP contribution in [-0.4, -0.2) is 73.1 Å². The minimum Gasteiger partial charge on any atom is -0.444 e. The van der Waals surface area contributed by atoms with Gasteiger partial charge in [0.15, 0.2) is 5.96 Å². The summed E-state index contributed by atoms with van der Waals surface area (Å²) in [5, 5.41) is 6.65. The molecule has 1 aromatic rings. The average Bonchev–Trinajstić information content (AvgIpc) is 2.93. The topological polar surface area (TPSA) is 68.9 Å². The maximum Gasteiger partial charge on any atom is 0.214 e. The predicted molar refractivity (Wildman–Crippen MR) is 113 cm³/mol. The lowest BCUT2D eigenvalue weighted by Gasteiger charge is -2.37. The second-order valence-electron chi connectivity index (χ2n) is 6.38. The maximum atomic E-state index is 5.58. The normalized spacial score (nSPS) is 17.9. The Bertz CT molecular complexity index is 520. The van der Waals surface area contributed by atoms with Crippen LogP contribution in [0.25, 0.3) is 0 Å². The highest BCUT2D eigenvalue weighted by atomic mass is 127. The van der Waals surface area contributed by atoms with E-state index in [9.17, 15) is 0 Å². The van der Waals surface area contributed by atoms with E-state index in [-0.39, 0.29) is 24.0 Å². The van der Waals surface area contributed by atoms with Crippen LogP contribution in [0, 0.1) is 13.8 Å². The summed E-state index contributed by atoms with van der Waals surface area (Å²) in [6.45, 7) is 15.5. The molecule has 1 unspecified atom stereocenters. The van der Waals surface area contributed by atoms with Gasteiger partial charge in [0.2, 0.25) is 5.89 Å². The number of hydrogen-bond acceptors (Lipinski definition) is 5. The van der Waals surface area contributed by atoms with Crippen molar-refractivity contribution in [3.05, 3.63) is 17.3 Å². The first-order valence-corrected chi connectivity index (χ1v) is 8.87. The number of piperazine rings is 1. The third-order valence-electron chi connectivity index (χ3n) is 4.75. The number of guanidine groups is 1. The highest BCUT2D eigenvalue weighted by Gasteiger charge is 2.20. The zero-order valence-electron chi connectivity index (χ0n) is 16.1. The number of aryl methyl sites for hydroxylation is 2. The number of aliphatic imine (C=N–C) groups is 1. The van der Waals surface area contributed by atoms with Crippen molar-refractivity contribution < 1.29 is 4.42 Å². The van der Waals surface area contributed by atoms with E-state index in [4.69, 9.17) is 4.42 Å². The molecule has 1 aliphatic heterocycles. The zero-order chi connectivity index (χ0) is 17.5. The van der Waals surface area contributed by atoms with Crippen molar-refractivity contribution in [1.29, 1.82) is 0 Å². The molecule has 0 radical (unpaired) electrons. The number of nitrogens with zero attached hydrogens (tertiary/aromatic N) is 4. The minimum atomic E-state index is 0. The van der Waals surface area contributed by atoms with Gasteiger partial charge in [-0.2, -0.15) is 0 Å². The smallest absolute Gasteiger partial charge is 0.214 e. The van der Waals surface area contributed by atoms with Crippen LogP contribution in [0.1, 0.15) is 31.2 Å². The molecule has 8 heteroatoms. The Balaban J connectivity index is 0.00000312. The van der Waals surface area contributed by atoms with Crippen molar-refractivity contribution >= 4 is 29.9 Å². The predicted octanol–water partition coefficient (Wildman–Crippen LogP) is 1.60. The van der Waals surface area contributed by atoms with Crippen molar-refractivity contribution in [1.82, 2.24) is 25.4 Å². The number of hydrogen-bond donors (Lipinski definition) is 2. The largest absolute Gasteiger partial charge is 0.444 e. The second-order valence-corrected chi connectivity index (χ2v) is 6.38. The number of aromatic nitrogens is 1. The van der Waals surface area contributed by atoms with E-state index < -0.39 is 0 Å². The van der Waals surface area contributed by atoms with Crippen LogP contribution in [-0.2, 0) is 6.54 Å². The average molecular weight is 464 g/mol. The Morgan fingerprint density at radius 2 is 1.92 bits per heavy atom. The number of halogens is 1. The summed E-state index contributed by atoms with van der Waals surface area (Å²) in [6.07, 6.45) is 0. The van der Waals surface area contributed by atoms with Crippen LogP contribution in [0.5, 0.6) is 0 Å². The fraction of sp³-hybridized carbons (Fsp3) is 0.765. The molecule has 1 aliphatic rings. The number of nitrogens with one attached hydrogen (secondary N) is 2. The summed E-state index contributed by atoms with van der Waals surface area (Å²) in [7, 11) is 1.78. The van der Waals surface area contributed by atoms with Gasteiger partial charge in [-0.3, -0.25) is 9.89 Å². The Hall–Kier alpha value is -0.870. The first-order valence-electron chi connectivity index (χ1n) is 8.87. The summed E-state index contributed by atoms with van der Waals surface area (Å²) < 4.78 is 5.58. The molecule has 7 nitrogen and oxygen atoms in total. The van der Waals surface area contributed by atoms with E-state index in [0.717, 1.165) is 56.7 Å².